The van der Waals surface area contributed by atoms with Gasteiger partial charge in [0.1, 0.15) is 5.82 Å². The topological polar surface area (TPSA) is 64.1 Å². The molecule has 0 saturated carbocycles. The molecule has 1 aromatic rings. The van der Waals surface area contributed by atoms with Crippen molar-refractivity contribution in [3.8, 4) is 0 Å². The molecule has 0 bridgehead atoms. The molecule has 17 heavy (non-hydrogen) atoms. The maximum Gasteiger partial charge on any atom is 0.358 e. The molecule has 1 unspecified atom stereocenters. The van der Waals surface area contributed by atoms with E-state index in [0.29, 0.717) is 11.9 Å². The zero-order valence-electron chi connectivity index (χ0n) is 10.3. The highest BCUT2D eigenvalue weighted by Gasteiger charge is 2.09. The zero-order valence-corrected chi connectivity index (χ0v) is 11.1. The third-order valence-electron chi connectivity index (χ3n) is 2.27. The highest BCUT2D eigenvalue weighted by molar-refractivity contribution is 7.98. The Balaban J connectivity index is 2.64. The second kappa shape index (κ2) is 7.11. The Kier molecular flexibility index (Phi) is 5.76. The first-order valence-electron chi connectivity index (χ1n) is 5.38. The van der Waals surface area contributed by atoms with E-state index < -0.39 is 5.97 Å². The number of nitrogens with zero attached hydrogens (tertiary/aromatic N) is 2. The molecule has 1 rings (SSSR count). The standard InChI is InChI=1S/C11H17N3O2S/c1-4-8(7-17-3)12-10-6-5-9(13-14-10)11(15)16-2/h5-6,8H,4,7H2,1-3H3,(H,12,14). The Hall–Kier alpha value is -1.30. The minimum Gasteiger partial charge on any atom is -0.464 e. The van der Waals surface area contributed by atoms with E-state index in [4.69, 9.17) is 0 Å². The Morgan fingerprint density at radius 2 is 2.29 bits per heavy atom. The highest BCUT2D eigenvalue weighted by Crippen LogP contribution is 2.09. The van der Waals surface area contributed by atoms with Crippen LogP contribution in [0.1, 0.15) is 23.8 Å². The van der Waals surface area contributed by atoms with Crippen molar-refractivity contribution in [1.29, 1.82) is 0 Å². The molecule has 1 aromatic heterocycles. The summed E-state index contributed by atoms with van der Waals surface area (Å²) in [6.45, 7) is 2.12. The first-order valence-corrected chi connectivity index (χ1v) is 6.78. The van der Waals surface area contributed by atoms with Crippen LogP contribution in [0, 0.1) is 0 Å². The second-order valence-corrected chi connectivity index (χ2v) is 4.41. The van der Waals surface area contributed by atoms with Gasteiger partial charge in [0.05, 0.1) is 7.11 Å². The molecule has 0 amide bonds. The van der Waals surface area contributed by atoms with E-state index in [1.165, 1.54) is 7.11 Å². The van der Waals surface area contributed by atoms with Crippen LogP contribution in [0.2, 0.25) is 0 Å². The molecule has 1 heterocycles. The summed E-state index contributed by atoms with van der Waals surface area (Å²) in [6, 6.07) is 3.71. The van der Waals surface area contributed by atoms with Gasteiger partial charge in [0, 0.05) is 11.8 Å². The van der Waals surface area contributed by atoms with Crippen LogP contribution in [0.3, 0.4) is 0 Å². The number of thioether (sulfide) groups is 1. The largest absolute Gasteiger partial charge is 0.464 e. The minimum absolute atomic E-state index is 0.218. The van der Waals surface area contributed by atoms with Crippen molar-refractivity contribution in [3.63, 3.8) is 0 Å². The van der Waals surface area contributed by atoms with Gasteiger partial charge in [0.15, 0.2) is 5.69 Å². The molecule has 0 aliphatic heterocycles. The number of rotatable bonds is 6. The summed E-state index contributed by atoms with van der Waals surface area (Å²) < 4.78 is 4.55. The van der Waals surface area contributed by atoms with E-state index in [-0.39, 0.29) is 5.69 Å². The molecule has 0 spiro atoms. The lowest BCUT2D eigenvalue weighted by Gasteiger charge is -2.15. The SMILES string of the molecule is CCC(CSC)Nc1ccc(C(=O)OC)nn1. The van der Waals surface area contributed by atoms with Crippen LogP contribution in [0.25, 0.3) is 0 Å². The molecule has 5 nitrogen and oxygen atoms in total. The first-order chi connectivity index (χ1) is 8.21. The smallest absolute Gasteiger partial charge is 0.358 e. The van der Waals surface area contributed by atoms with Crippen LogP contribution in [0.15, 0.2) is 12.1 Å². The lowest BCUT2D eigenvalue weighted by Crippen LogP contribution is -2.22. The van der Waals surface area contributed by atoms with Gasteiger partial charge >= 0.3 is 5.97 Å². The lowest BCUT2D eigenvalue weighted by molar-refractivity contribution is 0.0593. The molecule has 94 valence electrons. The molecule has 1 atom stereocenters. The van der Waals surface area contributed by atoms with Crippen molar-refractivity contribution in [2.45, 2.75) is 19.4 Å². The number of carbonyl (C=O) groups excluding carboxylic acids is 1. The molecule has 0 saturated heterocycles. The third-order valence-corrected chi connectivity index (χ3v) is 3.01. The molecule has 1 N–H and O–H groups in total. The van der Waals surface area contributed by atoms with Gasteiger partial charge < -0.3 is 10.1 Å². The average Bonchev–Trinajstić information content (AvgIpc) is 2.38. The maximum atomic E-state index is 11.2. The number of ether oxygens (including phenoxy) is 1. The summed E-state index contributed by atoms with van der Waals surface area (Å²) in [5.41, 5.74) is 0.218. The first kappa shape index (κ1) is 13.8. The van der Waals surface area contributed by atoms with Crippen LogP contribution < -0.4 is 5.32 Å². The van der Waals surface area contributed by atoms with Gasteiger partial charge in [0.25, 0.3) is 0 Å². The Bertz CT molecular complexity index is 356. The number of carbonyl (C=O) groups is 1. The van der Waals surface area contributed by atoms with Crippen molar-refractivity contribution in [2.75, 3.05) is 24.4 Å². The third kappa shape index (κ3) is 4.22. The van der Waals surface area contributed by atoms with Crippen LogP contribution in [-0.4, -0.2) is 41.3 Å². The van der Waals surface area contributed by atoms with Gasteiger partial charge in [-0.15, -0.1) is 10.2 Å². The molecule has 0 aliphatic rings. The summed E-state index contributed by atoms with van der Waals surface area (Å²) in [5, 5.41) is 11.0. The average molecular weight is 255 g/mol. The van der Waals surface area contributed by atoms with Crippen molar-refractivity contribution < 1.29 is 9.53 Å². The second-order valence-electron chi connectivity index (χ2n) is 3.50. The predicted molar refractivity (Wildman–Crippen MR) is 69.5 cm³/mol. The predicted octanol–water partition coefficient (Wildman–Crippen LogP) is 1.82. The highest BCUT2D eigenvalue weighted by atomic mass is 32.2. The molecule has 0 aliphatic carbocycles. The Morgan fingerprint density at radius 3 is 2.76 bits per heavy atom. The number of nitrogens with one attached hydrogen (secondary N) is 1. The van der Waals surface area contributed by atoms with E-state index in [2.05, 4.69) is 33.4 Å². The van der Waals surface area contributed by atoms with Gasteiger partial charge in [-0.3, -0.25) is 0 Å². The number of hydrogen-bond donors (Lipinski definition) is 1. The monoisotopic (exact) mass is 255 g/mol. The van der Waals surface area contributed by atoms with E-state index in [1.807, 2.05) is 0 Å². The van der Waals surface area contributed by atoms with Crippen LogP contribution >= 0.6 is 11.8 Å². The number of aromatic nitrogens is 2. The zero-order chi connectivity index (χ0) is 12.7. The summed E-state index contributed by atoms with van der Waals surface area (Å²) in [6.07, 6.45) is 3.08. The maximum absolute atomic E-state index is 11.2. The number of esters is 1. The molecule has 0 radical (unpaired) electrons. The van der Waals surface area contributed by atoms with Crippen molar-refractivity contribution in [2.24, 2.45) is 0 Å². The minimum atomic E-state index is -0.472. The van der Waals surface area contributed by atoms with Crippen LogP contribution in [0.4, 0.5) is 5.82 Å². The van der Waals surface area contributed by atoms with Gasteiger partial charge in [-0.2, -0.15) is 11.8 Å². The van der Waals surface area contributed by atoms with E-state index in [0.717, 1.165) is 12.2 Å². The summed E-state index contributed by atoms with van der Waals surface area (Å²) in [5.74, 6) is 1.22. The molecular weight excluding hydrogens is 238 g/mol. The van der Waals surface area contributed by atoms with Gasteiger partial charge in [0.2, 0.25) is 0 Å². The van der Waals surface area contributed by atoms with E-state index in [9.17, 15) is 4.79 Å². The van der Waals surface area contributed by atoms with Crippen LogP contribution in [-0.2, 0) is 4.74 Å². The van der Waals surface area contributed by atoms with Gasteiger partial charge in [-0.1, -0.05) is 6.92 Å². The normalized spacial score (nSPS) is 11.9. The quantitative estimate of drug-likeness (QED) is 0.782. The molecule has 0 aromatic carbocycles. The van der Waals surface area contributed by atoms with Crippen molar-refractivity contribution in [1.82, 2.24) is 10.2 Å². The van der Waals surface area contributed by atoms with Crippen molar-refractivity contribution in [3.05, 3.63) is 17.8 Å². The molecule has 0 fully saturated rings. The summed E-state index contributed by atoms with van der Waals surface area (Å²) >= 11 is 1.78. The van der Waals surface area contributed by atoms with Crippen molar-refractivity contribution >= 4 is 23.5 Å². The van der Waals surface area contributed by atoms with Gasteiger partial charge in [-0.05, 0) is 24.8 Å². The summed E-state index contributed by atoms with van der Waals surface area (Å²) in [4.78, 5) is 11.2. The Morgan fingerprint density at radius 1 is 1.53 bits per heavy atom. The number of methoxy groups -OCH3 is 1. The fourth-order valence-corrected chi connectivity index (χ4v) is 2.02. The van der Waals surface area contributed by atoms with E-state index >= 15 is 0 Å². The lowest BCUT2D eigenvalue weighted by atomic mass is 10.2. The number of hydrogen-bond acceptors (Lipinski definition) is 6. The molecular formula is C11H17N3O2S. The van der Waals surface area contributed by atoms with Gasteiger partial charge in [-0.25, -0.2) is 4.79 Å². The number of anilines is 1. The molecule has 6 heteroatoms. The van der Waals surface area contributed by atoms with Crippen LogP contribution in [0.5, 0.6) is 0 Å². The fraction of sp³-hybridized carbons (Fsp3) is 0.545. The Labute approximate surface area is 105 Å². The summed E-state index contributed by atoms with van der Waals surface area (Å²) in [7, 11) is 1.32. The fourth-order valence-electron chi connectivity index (χ4n) is 1.29. The van der Waals surface area contributed by atoms with E-state index in [1.54, 1.807) is 23.9 Å².